The lowest BCUT2D eigenvalue weighted by Gasteiger charge is -2.35. The summed E-state index contributed by atoms with van der Waals surface area (Å²) >= 11 is 1.09. The van der Waals surface area contributed by atoms with Crippen molar-refractivity contribution in [1.82, 2.24) is 15.6 Å². The van der Waals surface area contributed by atoms with Crippen molar-refractivity contribution < 1.29 is 19.5 Å². The minimum atomic E-state index is -1.25. The van der Waals surface area contributed by atoms with Gasteiger partial charge in [-0.1, -0.05) is 69.8 Å². The SMILES string of the molecule is CCc1c(C#N)c(SC(C(N)=O)c2ccccc2)nc(N2CCC(NC(=O)[C@H](CC(C)(C)C)NC(=O)O)CC2)c1C#N. The number of hydrogen-bond acceptors (Lipinski definition) is 8. The number of carbonyl (C=O) groups is 3. The summed E-state index contributed by atoms with van der Waals surface area (Å²) in [7, 11) is 0. The number of nitriles is 2. The molecule has 1 saturated heterocycles. The average molecular weight is 592 g/mol. The van der Waals surface area contributed by atoms with Crippen molar-refractivity contribution in [2.45, 2.75) is 75.7 Å². The highest BCUT2D eigenvalue weighted by molar-refractivity contribution is 8.00. The molecule has 1 aromatic carbocycles. The fourth-order valence-corrected chi connectivity index (χ4v) is 6.09. The van der Waals surface area contributed by atoms with Gasteiger partial charge in [0.05, 0.1) is 11.1 Å². The summed E-state index contributed by atoms with van der Waals surface area (Å²) < 4.78 is 0. The molecule has 2 atom stereocenters. The Labute approximate surface area is 250 Å². The molecule has 3 rings (SSSR count). The number of pyridine rings is 1. The molecule has 0 saturated carbocycles. The summed E-state index contributed by atoms with van der Waals surface area (Å²) in [4.78, 5) is 43.4. The summed E-state index contributed by atoms with van der Waals surface area (Å²) in [5, 5.41) is 34.2. The summed E-state index contributed by atoms with van der Waals surface area (Å²) in [6, 6.07) is 12.4. The number of amides is 3. The molecule has 1 unspecified atom stereocenters. The maximum Gasteiger partial charge on any atom is 0.405 e. The van der Waals surface area contributed by atoms with Gasteiger partial charge >= 0.3 is 6.09 Å². The number of rotatable bonds is 10. The van der Waals surface area contributed by atoms with Gasteiger partial charge in [0.15, 0.2) is 0 Å². The minimum Gasteiger partial charge on any atom is -0.465 e. The molecule has 2 heterocycles. The van der Waals surface area contributed by atoms with Crippen molar-refractivity contribution in [3.8, 4) is 12.1 Å². The van der Waals surface area contributed by atoms with Gasteiger partial charge < -0.3 is 26.4 Å². The molecule has 0 aliphatic carbocycles. The standard InChI is InChI=1S/C30H37N7O4S/c1-5-20-21(16-31)26(36-28(22(20)17-32)42-24(25(33)38)18-9-7-6-8-10-18)37-13-11-19(12-14-37)34-27(39)23(35-29(40)41)15-30(2,3)4/h6-10,19,23-24,35H,5,11-15H2,1-4H3,(H2,33,38)(H,34,39)(H,40,41)/t23-,24?/m0/s1. The highest BCUT2D eigenvalue weighted by atomic mass is 32.2. The van der Waals surface area contributed by atoms with Gasteiger partial charge in [0.1, 0.15) is 34.3 Å². The van der Waals surface area contributed by atoms with Crippen LogP contribution in [0.15, 0.2) is 35.4 Å². The van der Waals surface area contributed by atoms with E-state index in [0.29, 0.717) is 66.3 Å². The van der Waals surface area contributed by atoms with Crippen molar-refractivity contribution in [3.63, 3.8) is 0 Å². The highest BCUT2D eigenvalue weighted by Gasteiger charge is 2.32. The zero-order valence-electron chi connectivity index (χ0n) is 24.3. The molecule has 0 spiro atoms. The lowest BCUT2D eigenvalue weighted by Crippen LogP contribution is -2.53. The molecule has 1 aromatic heterocycles. The van der Waals surface area contributed by atoms with Crippen LogP contribution in [0.4, 0.5) is 10.6 Å². The molecule has 3 amide bonds. The Bertz CT molecular complexity index is 1390. The molecule has 0 bridgehead atoms. The number of anilines is 1. The van der Waals surface area contributed by atoms with E-state index < -0.39 is 23.3 Å². The first kappa shape index (κ1) is 32.2. The van der Waals surface area contributed by atoms with Crippen LogP contribution in [0, 0.1) is 28.1 Å². The predicted molar refractivity (Wildman–Crippen MR) is 160 cm³/mol. The number of thioether (sulfide) groups is 1. The zero-order valence-corrected chi connectivity index (χ0v) is 25.1. The predicted octanol–water partition coefficient (Wildman–Crippen LogP) is 3.86. The highest BCUT2D eigenvalue weighted by Crippen LogP contribution is 2.40. The number of nitrogens with one attached hydrogen (secondary N) is 2. The third-order valence-electron chi connectivity index (χ3n) is 6.99. The summed E-state index contributed by atoms with van der Waals surface area (Å²) in [6.45, 7) is 8.62. The normalized spacial score (nSPS) is 15.1. The van der Waals surface area contributed by atoms with Crippen LogP contribution >= 0.6 is 11.8 Å². The number of primary amides is 1. The summed E-state index contributed by atoms with van der Waals surface area (Å²) in [5.74, 6) is -0.514. The Balaban J connectivity index is 1.86. The molecule has 0 radical (unpaired) electrons. The first-order valence-corrected chi connectivity index (χ1v) is 14.7. The number of nitrogens with two attached hydrogens (primary N) is 1. The van der Waals surface area contributed by atoms with E-state index in [4.69, 9.17) is 10.7 Å². The fraction of sp³-hybridized carbons (Fsp3) is 0.467. The average Bonchev–Trinajstić information content (AvgIpc) is 2.94. The Morgan fingerprint density at radius 1 is 1.14 bits per heavy atom. The third kappa shape index (κ3) is 8.14. The molecule has 1 fully saturated rings. The van der Waals surface area contributed by atoms with E-state index in [1.165, 1.54) is 0 Å². The maximum absolute atomic E-state index is 13.0. The molecular weight excluding hydrogens is 554 g/mol. The Kier molecular flexibility index (Phi) is 10.8. The van der Waals surface area contributed by atoms with Crippen LogP contribution in [0.25, 0.3) is 0 Å². The van der Waals surface area contributed by atoms with Crippen LogP contribution in [-0.4, -0.2) is 53.2 Å². The van der Waals surface area contributed by atoms with Gasteiger partial charge in [-0.05, 0) is 42.2 Å². The minimum absolute atomic E-state index is 0.187. The molecule has 11 nitrogen and oxygen atoms in total. The number of carbonyl (C=O) groups excluding carboxylic acids is 2. The Hall–Kier alpha value is -4.29. The first-order valence-electron chi connectivity index (χ1n) is 13.8. The third-order valence-corrected chi connectivity index (χ3v) is 8.25. The van der Waals surface area contributed by atoms with E-state index in [1.54, 1.807) is 24.3 Å². The van der Waals surface area contributed by atoms with Crippen molar-refractivity contribution in [1.29, 1.82) is 10.5 Å². The van der Waals surface area contributed by atoms with Gasteiger partial charge in [-0.15, -0.1) is 0 Å². The second-order valence-electron chi connectivity index (χ2n) is 11.4. The molecule has 2 aromatic rings. The Morgan fingerprint density at radius 3 is 2.26 bits per heavy atom. The molecule has 1 aliphatic rings. The Morgan fingerprint density at radius 2 is 1.76 bits per heavy atom. The monoisotopic (exact) mass is 591 g/mol. The topological polar surface area (TPSA) is 185 Å². The van der Waals surface area contributed by atoms with E-state index in [2.05, 4.69) is 22.8 Å². The number of aromatic nitrogens is 1. The second-order valence-corrected chi connectivity index (χ2v) is 12.5. The summed E-state index contributed by atoms with van der Waals surface area (Å²) in [6.07, 6.45) is 0.605. The largest absolute Gasteiger partial charge is 0.465 e. The van der Waals surface area contributed by atoms with Gasteiger partial charge in [-0.3, -0.25) is 9.59 Å². The van der Waals surface area contributed by atoms with Crippen LogP contribution in [0.5, 0.6) is 0 Å². The molecule has 5 N–H and O–H groups in total. The molecule has 1 aliphatic heterocycles. The van der Waals surface area contributed by atoms with E-state index in [9.17, 15) is 30.0 Å². The van der Waals surface area contributed by atoms with Crippen LogP contribution in [0.2, 0.25) is 0 Å². The van der Waals surface area contributed by atoms with Crippen molar-refractivity contribution in [2.24, 2.45) is 11.1 Å². The maximum atomic E-state index is 13.0. The summed E-state index contributed by atoms with van der Waals surface area (Å²) in [5.41, 5.74) is 7.29. The fourth-order valence-electron chi connectivity index (χ4n) is 5.04. The lowest BCUT2D eigenvalue weighted by molar-refractivity contribution is -0.124. The number of carboxylic acid groups (broad SMARTS) is 1. The van der Waals surface area contributed by atoms with Gasteiger partial charge in [-0.25, -0.2) is 9.78 Å². The number of nitrogens with zero attached hydrogens (tertiary/aromatic N) is 4. The van der Waals surface area contributed by atoms with Crippen molar-refractivity contribution >= 4 is 35.5 Å². The van der Waals surface area contributed by atoms with Crippen molar-refractivity contribution in [2.75, 3.05) is 18.0 Å². The van der Waals surface area contributed by atoms with Crippen LogP contribution in [0.1, 0.15) is 74.5 Å². The van der Waals surface area contributed by atoms with Crippen LogP contribution in [0.3, 0.4) is 0 Å². The van der Waals surface area contributed by atoms with E-state index in [1.807, 2.05) is 38.7 Å². The lowest BCUT2D eigenvalue weighted by atomic mass is 9.87. The molecule has 42 heavy (non-hydrogen) atoms. The smallest absolute Gasteiger partial charge is 0.405 e. The van der Waals surface area contributed by atoms with Gasteiger partial charge in [0.25, 0.3) is 0 Å². The quantitative estimate of drug-likeness (QED) is 0.298. The molecule has 12 heteroatoms. The molecule has 222 valence electrons. The number of piperidine rings is 1. The van der Waals surface area contributed by atoms with E-state index in [-0.39, 0.29) is 22.9 Å². The number of benzene rings is 1. The van der Waals surface area contributed by atoms with Gasteiger partial charge in [0, 0.05) is 19.1 Å². The van der Waals surface area contributed by atoms with Crippen molar-refractivity contribution in [3.05, 3.63) is 52.6 Å². The molecular formula is C30H37N7O4S. The number of hydrogen-bond donors (Lipinski definition) is 4. The first-order chi connectivity index (χ1) is 19.9. The van der Waals surface area contributed by atoms with E-state index in [0.717, 1.165) is 11.8 Å². The van der Waals surface area contributed by atoms with Crippen LogP contribution in [-0.2, 0) is 16.0 Å². The van der Waals surface area contributed by atoms with Crippen LogP contribution < -0.4 is 21.3 Å². The second kappa shape index (κ2) is 14.1. The zero-order chi connectivity index (χ0) is 31.0. The van der Waals surface area contributed by atoms with Gasteiger partial charge in [-0.2, -0.15) is 10.5 Å². The van der Waals surface area contributed by atoms with Gasteiger partial charge in [0.2, 0.25) is 11.8 Å². The van der Waals surface area contributed by atoms with E-state index >= 15 is 0 Å².